The second-order valence-corrected chi connectivity index (χ2v) is 8.11. The lowest BCUT2D eigenvalue weighted by molar-refractivity contribution is -0.120. The quantitative estimate of drug-likeness (QED) is 0.861. The summed E-state index contributed by atoms with van der Waals surface area (Å²) in [6.07, 6.45) is 0.382. The fourth-order valence-corrected chi connectivity index (χ4v) is 4.52. The molecule has 1 fully saturated rings. The van der Waals surface area contributed by atoms with Crippen molar-refractivity contribution in [3.8, 4) is 0 Å². The van der Waals surface area contributed by atoms with Gasteiger partial charge in [0.15, 0.2) is 11.6 Å². The van der Waals surface area contributed by atoms with Gasteiger partial charge < -0.3 is 5.32 Å². The van der Waals surface area contributed by atoms with E-state index in [2.05, 4.69) is 5.32 Å². The number of hydrogen-bond acceptors (Lipinski definition) is 3. The van der Waals surface area contributed by atoms with Gasteiger partial charge in [0.2, 0.25) is 15.9 Å². The van der Waals surface area contributed by atoms with E-state index in [-0.39, 0.29) is 31.6 Å². The molecule has 0 atom stereocenters. The molecule has 0 saturated carbocycles. The minimum Gasteiger partial charge on any atom is -0.323 e. The SMILES string of the molecule is O=C(Nc1cccc(F)c1F)C1CCN(S(=O)(=O)c2ccccc2F)CC1. The smallest absolute Gasteiger partial charge is 0.245 e. The van der Waals surface area contributed by atoms with Crippen molar-refractivity contribution in [3.05, 3.63) is 59.9 Å². The Morgan fingerprint density at radius 1 is 0.963 bits per heavy atom. The molecule has 1 heterocycles. The fraction of sp³-hybridized carbons (Fsp3) is 0.278. The summed E-state index contributed by atoms with van der Waals surface area (Å²) in [6.45, 7) is 0.0563. The van der Waals surface area contributed by atoms with Crippen LogP contribution < -0.4 is 5.32 Å². The number of hydrogen-bond donors (Lipinski definition) is 1. The van der Waals surface area contributed by atoms with Crippen LogP contribution in [0.3, 0.4) is 0 Å². The third kappa shape index (κ3) is 3.98. The van der Waals surface area contributed by atoms with Gasteiger partial charge in [0, 0.05) is 19.0 Å². The van der Waals surface area contributed by atoms with E-state index < -0.39 is 44.2 Å². The number of anilines is 1. The van der Waals surface area contributed by atoms with E-state index in [9.17, 15) is 26.4 Å². The average molecular weight is 398 g/mol. The molecule has 1 aliphatic rings. The molecule has 2 aromatic rings. The Bertz CT molecular complexity index is 958. The van der Waals surface area contributed by atoms with Gasteiger partial charge in [-0.2, -0.15) is 4.31 Å². The monoisotopic (exact) mass is 398 g/mol. The Labute approximate surface area is 154 Å². The van der Waals surface area contributed by atoms with Crippen LogP contribution >= 0.6 is 0 Å². The molecule has 1 aliphatic heterocycles. The third-order valence-electron chi connectivity index (χ3n) is 4.49. The molecule has 0 spiro atoms. The maximum absolute atomic E-state index is 13.8. The number of carbonyl (C=O) groups is 1. The highest BCUT2D eigenvalue weighted by Crippen LogP contribution is 2.26. The molecule has 1 amide bonds. The summed E-state index contributed by atoms with van der Waals surface area (Å²) in [5.74, 6) is -4.12. The summed E-state index contributed by atoms with van der Waals surface area (Å²) >= 11 is 0. The van der Waals surface area contributed by atoms with Gasteiger partial charge in [0.05, 0.1) is 5.69 Å². The first-order valence-electron chi connectivity index (χ1n) is 8.30. The molecule has 2 aromatic carbocycles. The van der Waals surface area contributed by atoms with Gasteiger partial charge in [-0.05, 0) is 37.1 Å². The van der Waals surface area contributed by atoms with Crippen molar-refractivity contribution in [1.82, 2.24) is 4.31 Å². The van der Waals surface area contributed by atoms with Crippen LogP contribution in [0.25, 0.3) is 0 Å². The second kappa shape index (κ2) is 7.69. The van der Waals surface area contributed by atoms with Crippen molar-refractivity contribution >= 4 is 21.6 Å². The van der Waals surface area contributed by atoms with Crippen molar-refractivity contribution in [2.45, 2.75) is 17.7 Å². The van der Waals surface area contributed by atoms with Crippen LogP contribution in [0.4, 0.5) is 18.9 Å². The topological polar surface area (TPSA) is 66.5 Å². The fourth-order valence-electron chi connectivity index (χ4n) is 2.99. The second-order valence-electron chi connectivity index (χ2n) is 6.20. The lowest BCUT2D eigenvalue weighted by Gasteiger charge is -2.30. The average Bonchev–Trinajstić information content (AvgIpc) is 2.65. The van der Waals surface area contributed by atoms with Crippen LogP contribution in [0.5, 0.6) is 0 Å². The summed E-state index contributed by atoms with van der Waals surface area (Å²) in [4.78, 5) is 11.9. The Morgan fingerprint density at radius 3 is 2.26 bits per heavy atom. The number of carbonyl (C=O) groups excluding carboxylic acids is 1. The summed E-state index contributed by atoms with van der Waals surface area (Å²) in [5.41, 5.74) is -0.263. The van der Waals surface area contributed by atoms with Gasteiger partial charge in [-0.1, -0.05) is 18.2 Å². The molecule has 0 aliphatic carbocycles. The van der Waals surface area contributed by atoms with Crippen molar-refractivity contribution in [1.29, 1.82) is 0 Å². The molecule has 0 aromatic heterocycles. The zero-order valence-corrected chi connectivity index (χ0v) is 15.0. The number of benzene rings is 2. The number of rotatable bonds is 4. The summed E-state index contributed by atoms with van der Waals surface area (Å²) in [5, 5.41) is 2.33. The highest BCUT2D eigenvalue weighted by molar-refractivity contribution is 7.89. The van der Waals surface area contributed by atoms with Crippen LogP contribution in [0.15, 0.2) is 47.4 Å². The molecule has 1 saturated heterocycles. The number of nitrogens with one attached hydrogen (secondary N) is 1. The van der Waals surface area contributed by atoms with Crippen molar-refractivity contribution < 1.29 is 26.4 Å². The van der Waals surface area contributed by atoms with Crippen LogP contribution in [-0.2, 0) is 14.8 Å². The first-order chi connectivity index (χ1) is 12.8. The van der Waals surface area contributed by atoms with E-state index in [1.807, 2.05) is 0 Å². The Kier molecular flexibility index (Phi) is 5.52. The molecular weight excluding hydrogens is 381 g/mol. The van der Waals surface area contributed by atoms with E-state index in [1.165, 1.54) is 30.3 Å². The molecule has 27 heavy (non-hydrogen) atoms. The maximum Gasteiger partial charge on any atom is 0.245 e. The Balaban J connectivity index is 1.66. The molecule has 0 radical (unpaired) electrons. The standard InChI is InChI=1S/C18H17F3N2O3S/c19-13-4-1-2-7-16(13)27(25,26)23-10-8-12(9-11-23)18(24)22-15-6-3-5-14(20)17(15)21/h1-7,12H,8-11H2,(H,22,24). The zero-order chi connectivity index (χ0) is 19.6. The molecule has 0 unspecified atom stereocenters. The first kappa shape index (κ1) is 19.4. The van der Waals surface area contributed by atoms with Crippen LogP contribution in [0.1, 0.15) is 12.8 Å². The molecular formula is C18H17F3N2O3S. The number of halogens is 3. The molecule has 9 heteroatoms. The maximum atomic E-state index is 13.8. The molecule has 144 valence electrons. The van der Waals surface area contributed by atoms with Gasteiger partial charge in [-0.15, -0.1) is 0 Å². The van der Waals surface area contributed by atoms with Gasteiger partial charge >= 0.3 is 0 Å². The van der Waals surface area contributed by atoms with E-state index in [0.29, 0.717) is 0 Å². The predicted molar refractivity (Wildman–Crippen MR) is 92.9 cm³/mol. The number of nitrogens with zero attached hydrogens (tertiary/aromatic N) is 1. The number of sulfonamides is 1. The summed E-state index contributed by atoms with van der Waals surface area (Å²) in [6, 6.07) is 8.56. The van der Waals surface area contributed by atoms with Crippen LogP contribution in [0, 0.1) is 23.4 Å². The van der Waals surface area contributed by atoms with E-state index in [1.54, 1.807) is 0 Å². The van der Waals surface area contributed by atoms with Gasteiger partial charge in [0.1, 0.15) is 10.7 Å². The zero-order valence-electron chi connectivity index (χ0n) is 14.2. The van der Waals surface area contributed by atoms with Gasteiger partial charge in [-0.3, -0.25) is 4.79 Å². The predicted octanol–water partition coefficient (Wildman–Crippen LogP) is 3.14. The van der Waals surface area contributed by atoms with Gasteiger partial charge in [-0.25, -0.2) is 21.6 Å². The normalized spacial score (nSPS) is 16.3. The summed E-state index contributed by atoms with van der Waals surface area (Å²) < 4.78 is 66.9. The minimum absolute atomic E-state index is 0.0282. The van der Waals surface area contributed by atoms with Crippen molar-refractivity contribution in [3.63, 3.8) is 0 Å². The highest BCUT2D eigenvalue weighted by Gasteiger charge is 2.33. The lowest BCUT2D eigenvalue weighted by atomic mass is 9.97. The van der Waals surface area contributed by atoms with Crippen LogP contribution in [-0.4, -0.2) is 31.7 Å². The first-order valence-corrected chi connectivity index (χ1v) is 9.74. The van der Waals surface area contributed by atoms with Crippen molar-refractivity contribution in [2.75, 3.05) is 18.4 Å². The molecule has 0 bridgehead atoms. The Morgan fingerprint density at radius 2 is 1.59 bits per heavy atom. The number of amides is 1. The largest absolute Gasteiger partial charge is 0.323 e. The summed E-state index contributed by atoms with van der Waals surface area (Å²) in [7, 11) is -4.00. The van der Waals surface area contributed by atoms with Crippen molar-refractivity contribution in [2.24, 2.45) is 5.92 Å². The van der Waals surface area contributed by atoms with Gasteiger partial charge in [0.25, 0.3) is 0 Å². The highest BCUT2D eigenvalue weighted by atomic mass is 32.2. The third-order valence-corrected chi connectivity index (χ3v) is 6.42. The number of piperidine rings is 1. The van der Waals surface area contributed by atoms with E-state index >= 15 is 0 Å². The lowest BCUT2D eigenvalue weighted by Crippen LogP contribution is -2.41. The molecule has 1 N–H and O–H groups in total. The van der Waals surface area contributed by atoms with E-state index in [4.69, 9.17) is 0 Å². The van der Waals surface area contributed by atoms with Crippen LogP contribution in [0.2, 0.25) is 0 Å². The molecule has 5 nitrogen and oxygen atoms in total. The molecule has 3 rings (SSSR count). The van der Waals surface area contributed by atoms with E-state index in [0.717, 1.165) is 16.4 Å². The minimum atomic E-state index is -4.00. The Hall–Kier alpha value is -2.39.